The Hall–Kier alpha value is -1.44. The van der Waals surface area contributed by atoms with E-state index in [0.717, 1.165) is 36.1 Å². The number of aryl methyl sites for hydroxylation is 3. The van der Waals surface area contributed by atoms with E-state index in [2.05, 4.69) is 11.8 Å². The zero-order chi connectivity index (χ0) is 20.5. The number of likely N-dealkylation sites (tertiary alicyclic amines) is 1. The van der Waals surface area contributed by atoms with Crippen LogP contribution in [0, 0.1) is 20.8 Å². The van der Waals surface area contributed by atoms with Crippen molar-refractivity contribution in [2.75, 3.05) is 39.3 Å². The normalized spacial score (nSPS) is 22.4. The zero-order valence-corrected chi connectivity index (χ0v) is 18.4. The monoisotopic (exact) mass is 407 g/mol. The van der Waals surface area contributed by atoms with Crippen molar-refractivity contribution in [3.63, 3.8) is 0 Å². The fourth-order valence-corrected chi connectivity index (χ4v) is 6.38. The van der Waals surface area contributed by atoms with Crippen molar-refractivity contribution in [2.24, 2.45) is 0 Å². The van der Waals surface area contributed by atoms with Gasteiger partial charge in [0.15, 0.2) is 0 Å². The topological polar surface area (TPSA) is 60.9 Å². The number of sulfonamides is 1. The van der Waals surface area contributed by atoms with Gasteiger partial charge in [0.2, 0.25) is 15.9 Å². The lowest BCUT2D eigenvalue weighted by Crippen LogP contribution is -2.53. The lowest BCUT2D eigenvalue weighted by atomic mass is 10.0. The summed E-state index contributed by atoms with van der Waals surface area (Å²) in [5.74, 6) is 0.119. The minimum Gasteiger partial charge on any atom is -0.339 e. The molecule has 2 aliphatic heterocycles. The van der Waals surface area contributed by atoms with Crippen LogP contribution in [0.2, 0.25) is 0 Å². The van der Waals surface area contributed by atoms with Crippen molar-refractivity contribution in [3.05, 3.63) is 28.8 Å². The molecule has 0 aromatic heterocycles. The van der Waals surface area contributed by atoms with Crippen molar-refractivity contribution < 1.29 is 13.2 Å². The average Bonchev–Trinajstić information content (AvgIpc) is 2.62. The number of benzene rings is 1. The Labute approximate surface area is 169 Å². The van der Waals surface area contributed by atoms with Crippen LogP contribution in [0.4, 0.5) is 0 Å². The summed E-state index contributed by atoms with van der Waals surface area (Å²) < 4.78 is 27.9. The number of piperidine rings is 1. The summed E-state index contributed by atoms with van der Waals surface area (Å²) >= 11 is 0. The average molecular weight is 408 g/mol. The van der Waals surface area contributed by atoms with E-state index in [9.17, 15) is 13.2 Å². The predicted octanol–water partition coefficient (Wildman–Crippen LogP) is 2.32. The molecule has 0 N–H and O–H groups in total. The van der Waals surface area contributed by atoms with E-state index >= 15 is 0 Å². The Balaban J connectivity index is 1.64. The van der Waals surface area contributed by atoms with Crippen LogP contribution in [0.15, 0.2) is 17.0 Å². The molecule has 1 amide bonds. The van der Waals surface area contributed by atoms with Crippen LogP contribution in [-0.4, -0.2) is 73.7 Å². The zero-order valence-electron chi connectivity index (χ0n) is 17.6. The van der Waals surface area contributed by atoms with E-state index in [1.54, 1.807) is 0 Å². The third-order valence-corrected chi connectivity index (χ3v) is 8.28. The molecule has 1 atom stereocenters. The Morgan fingerprint density at radius 2 is 1.61 bits per heavy atom. The molecular weight excluding hydrogens is 374 g/mol. The Morgan fingerprint density at radius 3 is 2.18 bits per heavy atom. The standard InChI is InChI=1S/C21H33N3O3S/c1-16-13-17(2)21(18(3)14-16)28(26,27)24-11-9-22(10-12-24)20(25)15-23-8-6-5-7-19(23)4/h13-14,19H,5-12,15H2,1-4H3/t19-/m0/s1. The molecule has 0 saturated carbocycles. The minimum atomic E-state index is -3.54. The molecule has 28 heavy (non-hydrogen) atoms. The third-order valence-electron chi connectivity index (χ3n) is 6.07. The van der Waals surface area contributed by atoms with E-state index in [1.165, 1.54) is 10.7 Å². The van der Waals surface area contributed by atoms with Gasteiger partial charge in [-0.25, -0.2) is 8.42 Å². The summed E-state index contributed by atoms with van der Waals surface area (Å²) in [7, 11) is -3.54. The first kappa shape index (κ1) is 21.3. The van der Waals surface area contributed by atoms with Gasteiger partial charge in [0.25, 0.3) is 0 Å². The maximum absolute atomic E-state index is 13.2. The molecule has 2 heterocycles. The first-order chi connectivity index (χ1) is 13.2. The maximum atomic E-state index is 13.2. The smallest absolute Gasteiger partial charge is 0.243 e. The molecule has 2 saturated heterocycles. The quantitative estimate of drug-likeness (QED) is 0.769. The molecular formula is C21H33N3O3S. The molecule has 0 aliphatic carbocycles. The number of rotatable bonds is 4. The first-order valence-electron chi connectivity index (χ1n) is 10.3. The van der Waals surface area contributed by atoms with Gasteiger partial charge in [-0.05, 0) is 58.2 Å². The lowest BCUT2D eigenvalue weighted by Gasteiger charge is -2.37. The summed E-state index contributed by atoms with van der Waals surface area (Å²) in [6, 6.07) is 4.28. The van der Waals surface area contributed by atoms with E-state index in [-0.39, 0.29) is 5.91 Å². The van der Waals surface area contributed by atoms with Gasteiger partial charge >= 0.3 is 0 Å². The second kappa shape index (κ2) is 8.51. The third kappa shape index (κ3) is 4.42. The molecule has 0 bridgehead atoms. The summed E-state index contributed by atoms with van der Waals surface area (Å²) in [6.07, 6.45) is 3.54. The molecule has 0 radical (unpaired) electrons. The van der Waals surface area contributed by atoms with Gasteiger partial charge in [-0.3, -0.25) is 9.69 Å². The van der Waals surface area contributed by atoms with Gasteiger partial charge in [0.1, 0.15) is 0 Å². The number of hydrogen-bond acceptors (Lipinski definition) is 4. The number of piperazine rings is 1. The van der Waals surface area contributed by atoms with E-state index in [1.807, 2.05) is 37.8 Å². The van der Waals surface area contributed by atoms with Crippen LogP contribution in [0.1, 0.15) is 42.9 Å². The highest BCUT2D eigenvalue weighted by atomic mass is 32.2. The molecule has 0 spiro atoms. The van der Waals surface area contributed by atoms with Crippen molar-refractivity contribution in [3.8, 4) is 0 Å². The summed E-state index contributed by atoms with van der Waals surface area (Å²) in [6.45, 7) is 10.9. The van der Waals surface area contributed by atoms with Gasteiger partial charge in [0.05, 0.1) is 11.4 Å². The van der Waals surface area contributed by atoms with Gasteiger partial charge < -0.3 is 4.90 Å². The molecule has 2 fully saturated rings. The number of nitrogens with zero attached hydrogens (tertiary/aromatic N) is 3. The highest BCUT2D eigenvalue weighted by molar-refractivity contribution is 7.89. The fraction of sp³-hybridized carbons (Fsp3) is 0.667. The van der Waals surface area contributed by atoms with Crippen LogP contribution in [0.25, 0.3) is 0 Å². The first-order valence-corrected chi connectivity index (χ1v) is 11.7. The van der Waals surface area contributed by atoms with E-state index in [4.69, 9.17) is 0 Å². The predicted molar refractivity (Wildman–Crippen MR) is 111 cm³/mol. The Morgan fingerprint density at radius 1 is 1.00 bits per heavy atom. The molecule has 3 rings (SSSR count). The highest BCUT2D eigenvalue weighted by Gasteiger charge is 2.33. The van der Waals surface area contributed by atoms with Crippen molar-refractivity contribution in [1.29, 1.82) is 0 Å². The molecule has 6 nitrogen and oxygen atoms in total. The molecule has 0 unspecified atom stereocenters. The molecule has 2 aliphatic rings. The minimum absolute atomic E-state index is 0.119. The second-order valence-corrected chi connectivity index (χ2v) is 10.2. The number of hydrogen-bond donors (Lipinski definition) is 0. The summed E-state index contributed by atoms with van der Waals surface area (Å²) in [5, 5.41) is 0. The van der Waals surface area contributed by atoms with Crippen molar-refractivity contribution in [1.82, 2.24) is 14.1 Å². The van der Waals surface area contributed by atoms with Crippen molar-refractivity contribution >= 4 is 15.9 Å². The number of carbonyl (C=O) groups excluding carboxylic acids is 1. The van der Waals surface area contributed by atoms with Crippen LogP contribution in [0.3, 0.4) is 0 Å². The van der Waals surface area contributed by atoms with E-state index < -0.39 is 10.0 Å². The van der Waals surface area contributed by atoms with Gasteiger partial charge in [-0.1, -0.05) is 24.1 Å². The van der Waals surface area contributed by atoms with Gasteiger partial charge in [-0.2, -0.15) is 4.31 Å². The molecule has 156 valence electrons. The largest absolute Gasteiger partial charge is 0.339 e. The Bertz CT molecular complexity index is 806. The SMILES string of the molecule is Cc1cc(C)c(S(=O)(=O)N2CCN(C(=O)CN3CCCC[C@@H]3C)CC2)c(C)c1. The van der Waals surface area contributed by atoms with Gasteiger partial charge in [0, 0.05) is 32.2 Å². The van der Waals surface area contributed by atoms with Crippen LogP contribution in [-0.2, 0) is 14.8 Å². The van der Waals surface area contributed by atoms with Gasteiger partial charge in [-0.15, -0.1) is 0 Å². The second-order valence-electron chi connectivity index (χ2n) is 8.33. The highest BCUT2D eigenvalue weighted by Crippen LogP contribution is 2.26. The van der Waals surface area contributed by atoms with E-state index in [0.29, 0.717) is 43.7 Å². The Kier molecular flexibility index (Phi) is 6.47. The van der Waals surface area contributed by atoms with Crippen LogP contribution >= 0.6 is 0 Å². The molecule has 1 aromatic carbocycles. The molecule has 7 heteroatoms. The van der Waals surface area contributed by atoms with Crippen LogP contribution < -0.4 is 0 Å². The number of amides is 1. The maximum Gasteiger partial charge on any atom is 0.243 e. The fourth-order valence-electron chi connectivity index (χ4n) is 4.55. The van der Waals surface area contributed by atoms with Crippen LogP contribution in [0.5, 0.6) is 0 Å². The molecule has 1 aromatic rings. The summed E-state index contributed by atoms with van der Waals surface area (Å²) in [5.41, 5.74) is 2.64. The summed E-state index contributed by atoms with van der Waals surface area (Å²) in [4.78, 5) is 17.2. The lowest BCUT2D eigenvalue weighted by molar-refractivity contribution is -0.134. The van der Waals surface area contributed by atoms with Crippen molar-refractivity contribution in [2.45, 2.75) is 57.9 Å². The number of carbonyl (C=O) groups is 1.